The molecule has 3 heterocycles. The average molecular weight is 467 g/mol. The smallest absolute Gasteiger partial charge is 0.256 e. The Balaban J connectivity index is 1.60. The molecule has 0 N–H and O–H groups in total. The van der Waals surface area contributed by atoms with Gasteiger partial charge in [0.1, 0.15) is 11.4 Å². The summed E-state index contributed by atoms with van der Waals surface area (Å²) in [4.78, 5) is 19.8. The lowest BCUT2D eigenvalue weighted by molar-refractivity contribution is 0.0466. The fraction of sp³-hybridized carbons (Fsp3) is 0.375. The van der Waals surface area contributed by atoms with E-state index in [-0.39, 0.29) is 5.91 Å². The van der Waals surface area contributed by atoms with Crippen molar-refractivity contribution < 1.29 is 9.53 Å². The number of likely N-dealkylation sites (tertiary alicyclic amines) is 1. The largest absolute Gasteiger partial charge is 0.497 e. The van der Waals surface area contributed by atoms with Gasteiger partial charge in [-0.05, 0) is 57.0 Å². The van der Waals surface area contributed by atoms with Gasteiger partial charge in [0.2, 0.25) is 0 Å². The summed E-state index contributed by atoms with van der Waals surface area (Å²) in [5, 5.41) is 8.49. The molecule has 33 heavy (non-hydrogen) atoms. The molecule has 1 fully saturated rings. The molecule has 1 aromatic heterocycles. The van der Waals surface area contributed by atoms with Gasteiger partial charge in [-0.1, -0.05) is 12.1 Å². The van der Waals surface area contributed by atoms with Crippen molar-refractivity contribution in [3.8, 4) is 11.4 Å². The van der Waals surface area contributed by atoms with Crippen LogP contribution in [-0.4, -0.2) is 57.7 Å². The van der Waals surface area contributed by atoms with Gasteiger partial charge in [-0.3, -0.25) is 9.21 Å². The number of nitrogens with zero attached hydrogens (tertiary/aromatic N) is 6. The van der Waals surface area contributed by atoms with Gasteiger partial charge < -0.3 is 14.5 Å². The third-order valence-electron chi connectivity index (χ3n) is 7.46. The number of methoxy groups -OCH3 is 1. The van der Waals surface area contributed by atoms with Crippen molar-refractivity contribution >= 4 is 29.1 Å². The summed E-state index contributed by atoms with van der Waals surface area (Å²) in [5.41, 5.74) is 1.84. The quantitative estimate of drug-likeness (QED) is 0.539. The molecule has 172 valence electrons. The Hall–Kier alpha value is -3.26. The molecular formula is C24H27ClN6O2. The van der Waals surface area contributed by atoms with E-state index >= 15 is 0 Å². The number of aromatic nitrogens is 3. The third-order valence-corrected chi connectivity index (χ3v) is 7.98. The molecule has 2 aliphatic heterocycles. The van der Waals surface area contributed by atoms with Crippen LogP contribution in [0.15, 0.2) is 54.9 Å². The van der Waals surface area contributed by atoms with Gasteiger partial charge in [0.05, 0.1) is 47.7 Å². The maximum absolute atomic E-state index is 14.2. The summed E-state index contributed by atoms with van der Waals surface area (Å²) in [5.74, 6) is 0.502. The summed E-state index contributed by atoms with van der Waals surface area (Å²) in [6, 6.07) is 13.4. The molecule has 3 aromatic rings. The van der Waals surface area contributed by atoms with Crippen LogP contribution < -0.4 is 14.1 Å². The molecule has 2 aliphatic rings. The summed E-state index contributed by atoms with van der Waals surface area (Å²) >= 11 is 7.00. The highest BCUT2D eigenvalue weighted by Crippen LogP contribution is 2.54. The predicted octanol–water partition coefficient (Wildman–Crippen LogP) is 4.10. The van der Waals surface area contributed by atoms with Gasteiger partial charge in [0.15, 0.2) is 0 Å². The number of carbonyl (C=O) groups excluding carboxylic acids is 1. The first kappa shape index (κ1) is 21.6. The number of fused-ring (bicyclic) bond motifs is 1. The van der Waals surface area contributed by atoms with Crippen LogP contribution in [0.25, 0.3) is 5.69 Å². The van der Waals surface area contributed by atoms with Crippen LogP contribution in [0.3, 0.4) is 0 Å². The number of hydrogen-bond donors (Lipinski definition) is 0. The first-order chi connectivity index (χ1) is 15.8. The number of benzene rings is 2. The van der Waals surface area contributed by atoms with Crippen LogP contribution in [0, 0.1) is 0 Å². The van der Waals surface area contributed by atoms with Crippen LogP contribution in [0.4, 0.5) is 11.4 Å². The average Bonchev–Trinajstić information content (AvgIpc) is 3.56. The van der Waals surface area contributed by atoms with Gasteiger partial charge in [0, 0.05) is 25.4 Å². The van der Waals surface area contributed by atoms with Crippen molar-refractivity contribution in [2.75, 3.05) is 30.0 Å². The van der Waals surface area contributed by atoms with Crippen molar-refractivity contribution in [1.82, 2.24) is 19.9 Å². The maximum Gasteiger partial charge on any atom is 0.256 e. The Morgan fingerprint density at radius 1 is 1.06 bits per heavy atom. The Labute approximate surface area is 198 Å². The van der Waals surface area contributed by atoms with Gasteiger partial charge in [-0.2, -0.15) is 15.0 Å². The molecule has 1 amide bonds. The van der Waals surface area contributed by atoms with E-state index in [0.717, 1.165) is 24.2 Å². The number of para-hydroxylation sites is 2. The van der Waals surface area contributed by atoms with Crippen molar-refractivity contribution in [1.29, 1.82) is 0 Å². The lowest BCUT2D eigenvalue weighted by atomic mass is 9.83. The normalized spacial score (nSPS) is 24.3. The second-order valence-electron chi connectivity index (χ2n) is 8.89. The monoisotopic (exact) mass is 466 g/mol. The van der Waals surface area contributed by atoms with Gasteiger partial charge in [0.25, 0.3) is 5.91 Å². The first-order valence-corrected chi connectivity index (χ1v) is 11.3. The summed E-state index contributed by atoms with van der Waals surface area (Å²) in [6.45, 7) is 4.86. The van der Waals surface area contributed by atoms with Crippen molar-refractivity contribution in [2.45, 2.75) is 37.9 Å². The first-order valence-electron chi connectivity index (χ1n) is 11.0. The van der Waals surface area contributed by atoms with E-state index in [0.29, 0.717) is 23.5 Å². The molecule has 2 aromatic carbocycles. The van der Waals surface area contributed by atoms with Crippen LogP contribution in [0.2, 0.25) is 0 Å². The van der Waals surface area contributed by atoms with Crippen molar-refractivity contribution in [3.63, 3.8) is 0 Å². The van der Waals surface area contributed by atoms with E-state index < -0.39 is 11.2 Å². The minimum Gasteiger partial charge on any atom is -0.497 e. The second-order valence-corrected chi connectivity index (χ2v) is 9.22. The van der Waals surface area contributed by atoms with Crippen molar-refractivity contribution in [3.05, 3.63) is 60.4 Å². The molecular weight excluding hydrogens is 440 g/mol. The lowest BCUT2D eigenvalue weighted by Crippen LogP contribution is -2.70. The molecule has 2 atom stereocenters. The number of anilines is 2. The van der Waals surface area contributed by atoms with Gasteiger partial charge in [-0.25, -0.2) is 0 Å². The number of halogens is 1. The third kappa shape index (κ3) is 2.93. The zero-order chi connectivity index (χ0) is 23.4. The Kier molecular flexibility index (Phi) is 5.01. The Morgan fingerprint density at radius 2 is 1.76 bits per heavy atom. The zero-order valence-electron chi connectivity index (χ0n) is 19.2. The standard InChI is InChI=1S/C24H27ClN6O2/c1-23(24(2)28(3)20-8-5-6-9-21(20)30(24)25)12-7-15-29(23)22(32)18-16-17(33-4)10-11-19(18)31-26-13-14-27-31/h5-6,8-11,13-14,16H,7,12,15H2,1-4H3. The van der Waals surface area contributed by atoms with Crippen LogP contribution in [0.5, 0.6) is 5.75 Å². The van der Waals surface area contributed by atoms with E-state index in [2.05, 4.69) is 35.0 Å². The van der Waals surface area contributed by atoms with E-state index in [1.807, 2.05) is 42.3 Å². The highest BCUT2D eigenvalue weighted by molar-refractivity contribution is 6.28. The maximum atomic E-state index is 14.2. The molecule has 0 bridgehead atoms. The number of rotatable bonds is 4. The molecule has 0 aliphatic carbocycles. The van der Waals surface area contributed by atoms with Gasteiger partial charge in [-0.15, -0.1) is 0 Å². The lowest BCUT2D eigenvalue weighted by Gasteiger charge is -2.53. The molecule has 8 nitrogen and oxygen atoms in total. The van der Waals surface area contributed by atoms with Crippen LogP contribution in [-0.2, 0) is 0 Å². The summed E-state index contributed by atoms with van der Waals surface area (Å²) in [7, 11) is 3.63. The minimum absolute atomic E-state index is 0.100. The number of ether oxygens (including phenoxy) is 1. The molecule has 0 spiro atoms. The highest BCUT2D eigenvalue weighted by atomic mass is 35.5. The fourth-order valence-corrected chi connectivity index (χ4v) is 5.78. The van der Waals surface area contributed by atoms with Crippen LogP contribution >= 0.6 is 11.8 Å². The molecule has 0 radical (unpaired) electrons. The highest BCUT2D eigenvalue weighted by Gasteiger charge is 2.61. The fourth-order valence-electron chi connectivity index (χ4n) is 5.34. The van der Waals surface area contributed by atoms with E-state index in [4.69, 9.17) is 16.5 Å². The minimum atomic E-state index is -0.659. The Morgan fingerprint density at radius 3 is 2.42 bits per heavy atom. The van der Waals surface area contributed by atoms with E-state index in [1.165, 1.54) is 4.80 Å². The number of hydrogen-bond acceptors (Lipinski definition) is 6. The van der Waals surface area contributed by atoms with E-state index in [1.54, 1.807) is 30.0 Å². The number of carbonyl (C=O) groups is 1. The van der Waals surface area contributed by atoms with Crippen LogP contribution in [0.1, 0.15) is 37.0 Å². The topological polar surface area (TPSA) is 66.7 Å². The molecule has 9 heteroatoms. The molecule has 5 rings (SSSR count). The summed E-state index contributed by atoms with van der Waals surface area (Å²) in [6.07, 6.45) is 4.88. The van der Waals surface area contributed by atoms with Gasteiger partial charge >= 0.3 is 0 Å². The summed E-state index contributed by atoms with van der Waals surface area (Å²) < 4.78 is 7.22. The predicted molar refractivity (Wildman–Crippen MR) is 128 cm³/mol. The number of likely N-dealkylation sites (N-methyl/N-ethyl adjacent to an activating group) is 1. The van der Waals surface area contributed by atoms with E-state index in [9.17, 15) is 4.79 Å². The zero-order valence-corrected chi connectivity index (χ0v) is 20.0. The SMILES string of the molecule is COc1ccc(-n2nccn2)c(C(=O)N2CCCC2(C)C2(C)N(C)c3ccccc3N2Cl)c1. The molecule has 0 saturated carbocycles. The molecule has 1 saturated heterocycles. The number of amides is 1. The second kappa shape index (κ2) is 7.66. The van der Waals surface area contributed by atoms with Crippen molar-refractivity contribution in [2.24, 2.45) is 0 Å². The molecule has 2 unspecified atom stereocenters. The Bertz CT molecular complexity index is 1170.